The molecule has 0 saturated heterocycles. The summed E-state index contributed by atoms with van der Waals surface area (Å²) < 4.78 is 45.7. The maximum Gasteiger partial charge on any atom is 0.573 e. The highest BCUT2D eigenvalue weighted by Crippen LogP contribution is 2.26. The molecule has 4 aromatic rings. The molecule has 0 radical (unpaired) electrons. The summed E-state index contributed by atoms with van der Waals surface area (Å²) in [4.78, 5) is 0. The first-order chi connectivity index (χ1) is 14.0. The Hall–Kier alpha value is -3.67. The number of aromatic nitrogens is 2. The van der Waals surface area contributed by atoms with Gasteiger partial charge in [0.05, 0.1) is 0 Å². The predicted molar refractivity (Wildman–Crippen MR) is 108 cm³/mol. The smallest absolute Gasteiger partial charge is 0.399 e. The molecule has 0 aliphatic rings. The Kier molecular flexibility index (Phi) is 6.16. The van der Waals surface area contributed by atoms with E-state index in [1.165, 1.54) is 12.1 Å². The maximum atomic E-state index is 12.6. The Morgan fingerprint density at radius 2 is 1.10 bits per heavy atom. The monoisotopic (exact) mass is 410 g/mol. The Morgan fingerprint density at radius 3 is 1.67 bits per heavy atom. The lowest BCUT2D eigenvalue weighted by Gasteiger charge is -2.09. The van der Waals surface area contributed by atoms with E-state index in [1.54, 1.807) is 29.1 Å². The van der Waals surface area contributed by atoms with Gasteiger partial charge in [-0.3, -0.25) is 0 Å². The molecule has 3 nitrogen and oxygen atoms in total. The zero-order valence-electron chi connectivity index (χ0n) is 15.3. The van der Waals surface area contributed by atoms with Gasteiger partial charge in [-0.1, -0.05) is 37.8 Å². The van der Waals surface area contributed by atoms with Crippen LogP contribution in [0.15, 0.2) is 104 Å². The molecular formula is C24H21F3N2O+2. The van der Waals surface area contributed by atoms with Crippen molar-refractivity contribution < 1.29 is 27.0 Å². The van der Waals surface area contributed by atoms with Gasteiger partial charge >= 0.3 is 6.36 Å². The topological polar surface area (TPSA) is 17.0 Å². The number of para-hydroxylation sites is 3. The lowest BCUT2D eigenvalue weighted by atomic mass is 10.1. The zero-order valence-corrected chi connectivity index (χ0v) is 15.3. The number of pyridine rings is 2. The summed E-state index contributed by atoms with van der Waals surface area (Å²) in [6.45, 7) is 0. The number of benzene rings is 2. The Morgan fingerprint density at radius 1 is 0.600 bits per heavy atom. The molecule has 0 aliphatic carbocycles. The molecule has 0 spiro atoms. The average Bonchev–Trinajstić information content (AvgIpc) is 2.74. The zero-order chi connectivity index (χ0) is 20.3. The van der Waals surface area contributed by atoms with Crippen LogP contribution < -0.4 is 13.9 Å². The van der Waals surface area contributed by atoms with Crippen molar-refractivity contribution in [3.8, 4) is 28.3 Å². The second kappa shape index (κ2) is 8.78. The van der Waals surface area contributed by atoms with Crippen LogP contribution in [0.2, 0.25) is 0 Å². The van der Waals surface area contributed by atoms with Gasteiger partial charge in [0, 0.05) is 42.5 Å². The van der Waals surface area contributed by atoms with Crippen LogP contribution in [-0.4, -0.2) is 6.36 Å². The van der Waals surface area contributed by atoms with Gasteiger partial charge in [-0.25, -0.2) is 0 Å². The summed E-state index contributed by atoms with van der Waals surface area (Å²) in [5.74, 6) is -0.249. The fraction of sp³-hybridized carbons (Fsp3) is 0.0833. The quantitative estimate of drug-likeness (QED) is 0.410. The normalized spacial score (nSPS) is 10.9. The molecule has 0 unspecified atom stereocenters. The van der Waals surface area contributed by atoms with Gasteiger partial charge in [-0.05, 0) is 17.2 Å². The highest BCUT2D eigenvalue weighted by atomic mass is 19.4. The van der Waals surface area contributed by atoms with Crippen LogP contribution in [0.3, 0.4) is 0 Å². The Balaban J connectivity index is 0.00000256. The molecule has 0 aliphatic heterocycles. The van der Waals surface area contributed by atoms with Crippen molar-refractivity contribution in [2.45, 2.75) is 13.8 Å². The van der Waals surface area contributed by atoms with Crippen LogP contribution in [0.5, 0.6) is 5.75 Å². The lowest BCUT2D eigenvalue weighted by molar-refractivity contribution is -0.596. The van der Waals surface area contributed by atoms with Crippen LogP contribution in [0.1, 0.15) is 7.43 Å². The summed E-state index contributed by atoms with van der Waals surface area (Å²) in [6, 6.07) is 23.7. The summed E-state index contributed by atoms with van der Waals surface area (Å²) in [5, 5.41) is 0. The average molecular weight is 410 g/mol. The van der Waals surface area contributed by atoms with Crippen molar-refractivity contribution in [3.05, 3.63) is 104 Å². The molecule has 30 heavy (non-hydrogen) atoms. The number of rotatable bonds is 4. The maximum absolute atomic E-state index is 12.6. The van der Waals surface area contributed by atoms with Crippen molar-refractivity contribution in [1.82, 2.24) is 0 Å². The van der Waals surface area contributed by atoms with Crippen molar-refractivity contribution in [2.75, 3.05) is 0 Å². The molecule has 0 fully saturated rings. The molecule has 2 heterocycles. The van der Waals surface area contributed by atoms with Gasteiger partial charge in [0.25, 0.3) is 5.69 Å². The van der Waals surface area contributed by atoms with E-state index < -0.39 is 6.36 Å². The molecule has 0 N–H and O–H groups in total. The van der Waals surface area contributed by atoms with Gasteiger partial charge in [0.2, 0.25) is 11.4 Å². The first kappa shape index (κ1) is 21.0. The van der Waals surface area contributed by atoms with E-state index in [-0.39, 0.29) is 13.2 Å². The first-order valence-electron chi connectivity index (χ1n) is 8.93. The van der Waals surface area contributed by atoms with E-state index in [0.29, 0.717) is 5.69 Å². The summed E-state index contributed by atoms with van der Waals surface area (Å²) in [6.07, 6.45) is 2.63. The highest BCUT2D eigenvalue weighted by molar-refractivity contribution is 5.61. The summed E-state index contributed by atoms with van der Waals surface area (Å²) in [5.41, 5.74) is 3.33. The van der Waals surface area contributed by atoms with Gasteiger partial charge < -0.3 is 4.74 Å². The van der Waals surface area contributed by atoms with Crippen LogP contribution in [0, 0.1) is 0 Å². The van der Waals surface area contributed by atoms with Crippen molar-refractivity contribution in [3.63, 3.8) is 0 Å². The second-order valence-corrected chi connectivity index (χ2v) is 6.34. The van der Waals surface area contributed by atoms with E-state index in [4.69, 9.17) is 0 Å². The molecule has 2 aromatic carbocycles. The minimum absolute atomic E-state index is 0. The number of hydrogen-bond acceptors (Lipinski definition) is 1. The van der Waals surface area contributed by atoms with Crippen LogP contribution in [-0.2, 0) is 0 Å². The number of hydrogen-bond donors (Lipinski definition) is 0. The van der Waals surface area contributed by atoms with E-state index in [0.717, 1.165) is 16.8 Å². The van der Waals surface area contributed by atoms with E-state index >= 15 is 0 Å². The van der Waals surface area contributed by atoms with Crippen molar-refractivity contribution in [1.29, 1.82) is 0 Å². The summed E-state index contributed by atoms with van der Waals surface area (Å²) >= 11 is 0. The van der Waals surface area contributed by atoms with Crippen LogP contribution >= 0.6 is 0 Å². The lowest BCUT2D eigenvalue weighted by Crippen LogP contribution is -2.31. The third-order valence-electron chi connectivity index (χ3n) is 4.42. The largest absolute Gasteiger partial charge is 0.573 e. The van der Waals surface area contributed by atoms with E-state index in [9.17, 15) is 13.2 Å². The second-order valence-electron chi connectivity index (χ2n) is 6.34. The van der Waals surface area contributed by atoms with Gasteiger partial charge in [0.1, 0.15) is 0 Å². The van der Waals surface area contributed by atoms with Crippen LogP contribution in [0.25, 0.3) is 22.5 Å². The molecule has 2 aromatic heterocycles. The van der Waals surface area contributed by atoms with Gasteiger partial charge in [-0.15, -0.1) is 13.2 Å². The SMILES string of the molecule is C.FC(F)(F)Oc1ccccc1-[n+]1ccc(-c2cc[n+](-c3ccccc3)cc2)cc1. The molecule has 0 atom stereocenters. The molecule has 0 bridgehead atoms. The molecule has 4 rings (SSSR count). The van der Waals surface area contributed by atoms with Crippen LogP contribution in [0.4, 0.5) is 13.2 Å². The molecule has 0 amide bonds. The third-order valence-corrected chi connectivity index (χ3v) is 4.42. The molecule has 0 saturated carbocycles. The number of halogens is 3. The fourth-order valence-electron chi connectivity index (χ4n) is 3.05. The number of alkyl halides is 3. The molecule has 152 valence electrons. The predicted octanol–water partition coefficient (Wildman–Crippen LogP) is 5.44. The minimum Gasteiger partial charge on any atom is -0.399 e. The standard InChI is InChI=1S/C23H17F3N2O.CH4/c24-23(25,26)29-22-9-5-4-8-21(22)28-16-12-19(13-17-28)18-10-14-27(15-11-18)20-6-2-1-3-7-20;/h1-17H;1H4/q+2;. The highest BCUT2D eigenvalue weighted by Gasteiger charge is 2.33. The summed E-state index contributed by atoms with van der Waals surface area (Å²) in [7, 11) is 0. The Labute approximate surface area is 173 Å². The van der Waals surface area contributed by atoms with E-state index in [2.05, 4.69) is 4.74 Å². The minimum atomic E-state index is -4.74. The third kappa shape index (κ3) is 4.84. The van der Waals surface area contributed by atoms with E-state index in [1.807, 2.05) is 71.6 Å². The van der Waals surface area contributed by atoms with Gasteiger partial charge in [0.15, 0.2) is 24.8 Å². The van der Waals surface area contributed by atoms with Crippen molar-refractivity contribution >= 4 is 0 Å². The van der Waals surface area contributed by atoms with Gasteiger partial charge in [-0.2, -0.15) is 9.13 Å². The molecular weight excluding hydrogens is 389 g/mol. The first-order valence-corrected chi connectivity index (χ1v) is 8.93. The number of ether oxygens (including phenoxy) is 1. The molecule has 6 heteroatoms. The number of nitrogens with zero attached hydrogens (tertiary/aromatic N) is 2. The fourth-order valence-corrected chi connectivity index (χ4v) is 3.05. The Bertz CT molecular complexity index is 1090. The van der Waals surface area contributed by atoms with Crippen molar-refractivity contribution in [2.24, 2.45) is 0 Å².